The Balaban J connectivity index is 1.54. The van der Waals surface area contributed by atoms with Crippen molar-refractivity contribution in [1.29, 1.82) is 0 Å². The van der Waals surface area contributed by atoms with Gasteiger partial charge in [-0.2, -0.15) is 0 Å². The van der Waals surface area contributed by atoms with Gasteiger partial charge in [0, 0.05) is 22.9 Å². The molecule has 8 heteroatoms. The molecule has 0 unspecified atom stereocenters. The lowest BCUT2D eigenvalue weighted by Gasteiger charge is -2.02. The molecule has 24 heavy (non-hydrogen) atoms. The Hall–Kier alpha value is -2.35. The molecule has 0 amide bonds. The zero-order chi connectivity index (χ0) is 16.7. The second-order valence-corrected chi connectivity index (χ2v) is 6.73. The van der Waals surface area contributed by atoms with Gasteiger partial charge in [-0.05, 0) is 44.0 Å². The number of H-pyrrole nitrogens is 1. The molecular weight excluding hydrogens is 331 g/mol. The van der Waals surface area contributed by atoms with Crippen LogP contribution in [-0.2, 0) is 5.75 Å². The Morgan fingerprint density at radius 1 is 1.38 bits per heavy atom. The lowest BCUT2D eigenvalue weighted by molar-refractivity contribution is 0.426. The highest BCUT2D eigenvalue weighted by Crippen LogP contribution is 2.37. The lowest BCUT2D eigenvalue weighted by Crippen LogP contribution is -2.16. The number of hydrogen-bond donors (Lipinski definition) is 1. The normalized spacial score (nSPS) is 14.2. The molecule has 1 aliphatic carbocycles. The number of nitrogens with one attached hydrogen (secondary N) is 1. The van der Waals surface area contributed by atoms with Gasteiger partial charge in [0.25, 0.3) is 0 Å². The number of benzene rings is 1. The van der Waals surface area contributed by atoms with Crippen molar-refractivity contribution in [3.8, 4) is 11.3 Å². The van der Waals surface area contributed by atoms with Crippen LogP contribution in [0.15, 0.2) is 38.7 Å². The predicted octanol–water partition coefficient (Wildman–Crippen LogP) is 3.30. The van der Waals surface area contributed by atoms with Crippen LogP contribution in [0.1, 0.15) is 30.1 Å². The summed E-state index contributed by atoms with van der Waals surface area (Å²) in [6, 6.07) is 6.39. The maximum atomic E-state index is 13.0. The summed E-state index contributed by atoms with van der Waals surface area (Å²) in [6.45, 7) is 1.92. The van der Waals surface area contributed by atoms with Crippen molar-refractivity contribution in [1.82, 2.24) is 19.9 Å². The number of aromatic nitrogens is 4. The second-order valence-electron chi connectivity index (χ2n) is 5.79. The Morgan fingerprint density at radius 2 is 2.12 bits per heavy atom. The molecule has 2 aromatic heterocycles. The van der Waals surface area contributed by atoms with Gasteiger partial charge in [0.15, 0.2) is 10.9 Å². The fraction of sp³-hybridized carbons (Fsp3) is 0.312. The quantitative estimate of drug-likeness (QED) is 0.717. The van der Waals surface area contributed by atoms with Gasteiger partial charge in [0.1, 0.15) is 5.82 Å². The molecule has 0 atom stereocenters. The first-order chi connectivity index (χ1) is 11.6. The van der Waals surface area contributed by atoms with Gasteiger partial charge in [-0.15, -0.1) is 5.10 Å². The SMILES string of the molecule is Cc1c(CSc2n[nH]c(=O)n2C2CC2)noc1-c1ccc(F)cc1. The van der Waals surface area contributed by atoms with Crippen LogP contribution in [0.3, 0.4) is 0 Å². The van der Waals surface area contributed by atoms with Crippen LogP contribution in [0, 0.1) is 12.7 Å². The molecule has 0 radical (unpaired) electrons. The summed E-state index contributed by atoms with van der Waals surface area (Å²) >= 11 is 1.45. The van der Waals surface area contributed by atoms with E-state index in [2.05, 4.69) is 15.4 Å². The third-order valence-corrected chi connectivity index (χ3v) is 5.01. The highest BCUT2D eigenvalue weighted by molar-refractivity contribution is 7.98. The third kappa shape index (κ3) is 2.77. The van der Waals surface area contributed by atoms with Crippen LogP contribution in [-0.4, -0.2) is 19.9 Å². The molecule has 2 heterocycles. The summed E-state index contributed by atoms with van der Waals surface area (Å²) < 4.78 is 20.2. The van der Waals surface area contributed by atoms with Gasteiger partial charge >= 0.3 is 5.69 Å². The highest BCUT2D eigenvalue weighted by atomic mass is 32.2. The molecule has 3 aromatic rings. The van der Waals surface area contributed by atoms with Crippen LogP contribution < -0.4 is 5.69 Å². The maximum Gasteiger partial charge on any atom is 0.344 e. The molecule has 1 saturated carbocycles. The van der Waals surface area contributed by atoms with Crippen LogP contribution in [0.2, 0.25) is 0 Å². The van der Waals surface area contributed by atoms with Gasteiger partial charge in [-0.25, -0.2) is 14.3 Å². The molecular formula is C16H15FN4O2S. The van der Waals surface area contributed by atoms with E-state index in [1.165, 1.54) is 23.9 Å². The smallest absolute Gasteiger partial charge is 0.344 e. The summed E-state index contributed by atoms with van der Waals surface area (Å²) in [6.07, 6.45) is 2.04. The van der Waals surface area contributed by atoms with Gasteiger partial charge in [0.2, 0.25) is 0 Å². The number of thioether (sulfide) groups is 1. The molecule has 0 spiro atoms. The van der Waals surface area contributed by atoms with Crippen molar-refractivity contribution < 1.29 is 8.91 Å². The van der Waals surface area contributed by atoms with Crippen LogP contribution >= 0.6 is 11.8 Å². The first-order valence-corrected chi connectivity index (χ1v) is 8.63. The van der Waals surface area contributed by atoms with E-state index in [0.717, 1.165) is 29.7 Å². The fourth-order valence-electron chi connectivity index (χ4n) is 2.55. The number of rotatable bonds is 5. The molecule has 0 saturated heterocycles. The Morgan fingerprint density at radius 3 is 2.83 bits per heavy atom. The molecule has 4 rings (SSSR count). The molecule has 1 aromatic carbocycles. The Labute approximate surface area is 141 Å². The third-order valence-electron chi connectivity index (χ3n) is 4.05. The first kappa shape index (κ1) is 15.2. The van der Waals surface area contributed by atoms with E-state index < -0.39 is 0 Å². The summed E-state index contributed by atoms with van der Waals surface area (Å²) in [5.74, 6) is 0.892. The van der Waals surface area contributed by atoms with E-state index in [-0.39, 0.29) is 17.5 Å². The van der Waals surface area contributed by atoms with Gasteiger partial charge < -0.3 is 4.52 Å². The van der Waals surface area contributed by atoms with Crippen LogP contribution in [0.25, 0.3) is 11.3 Å². The Bertz CT molecular complexity index is 924. The van der Waals surface area contributed by atoms with Crippen LogP contribution in [0.4, 0.5) is 4.39 Å². The maximum absolute atomic E-state index is 13.0. The van der Waals surface area contributed by atoms with E-state index in [1.807, 2.05) is 6.92 Å². The minimum atomic E-state index is -0.289. The molecule has 1 fully saturated rings. The summed E-state index contributed by atoms with van der Waals surface area (Å²) in [5, 5.41) is 11.4. The van der Waals surface area contributed by atoms with Crippen LogP contribution in [0.5, 0.6) is 0 Å². The van der Waals surface area contributed by atoms with E-state index in [9.17, 15) is 9.18 Å². The van der Waals surface area contributed by atoms with E-state index in [1.54, 1.807) is 16.7 Å². The summed E-state index contributed by atoms with van der Waals surface area (Å²) in [4.78, 5) is 11.8. The van der Waals surface area contributed by atoms with Crippen molar-refractivity contribution in [2.45, 2.75) is 36.7 Å². The minimum absolute atomic E-state index is 0.163. The fourth-order valence-corrected chi connectivity index (χ4v) is 3.57. The standard InChI is InChI=1S/C16H15FN4O2S/c1-9-13(20-23-14(9)10-2-4-11(17)5-3-10)8-24-16-19-18-15(22)21(16)12-6-7-12/h2-5,12H,6-8H2,1H3,(H,18,22). The number of aromatic amines is 1. The molecule has 0 aliphatic heterocycles. The second kappa shape index (κ2) is 5.94. The van der Waals surface area contributed by atoms with Crippen molar-refractivity contribution in [2.75, 3.05) is 0 Å². The van der Waals surface area contributed by atoms with Gasteiger partial charge in [-0.3, -0.25) is 4.57 Å². The molecule has 0 bridgehead atoms. The predicted molar refractivity (Wildman–Crippen MR) is 87.3 cm³/mol. The zero-order valence-corrected chi connectivity index (χ0v) is 13.8. The molecule has 6 nitrogen and oxygen atoms in total. The minimum Gasteiger partial charge on any atom is -0.356 e. The average Bonchev–Trinajstić information content (AvgIpc) is 3.25. The summed E-state index contributed by atoms with van der Waals surface area (Å²) in [5.41, 5.74) is 2.32. The van der Waals surface area contributed by atoms with E-state index >= 15 is 0 Å². The van der Waals surface area contributed by atoms with Gasteiger partial charge in [0.05, 0.1) is 5.69 Å². The number of nitrogens with zero attached hydrogens (tertiary/aromatic N) is 3. The number of halogens is 1. The van der Waals surface area contributed by atoms with Crippen molar-refractivity contribution in [3.05, 3.63) is 51.8 Å². The van der Waals surface area contributed by atoms with E-state index in [4.69, 9.17) is 4.52 Å². The number of hydrogen-bond acceptors (Lipinski definition) is 5. The lowest BCUT2D eigenvalue weighted by atomic mass is 10.1. The van der Waals surface area contributed by atoms with Crippen molar-refractivity contribution in [2.24, 2.45) is 0 Å². The van der Waals surface area contributed by atoms with Gasteiger partial charge in [-0.1, -0.05) is 16.9 Å². The Kier molecular flexibility index (Phi) is 3.76. The van der Waals surface area contributed by atoms with Crippen molar-refractivity contribution >= 4 is 11.8 Å². The molecule has 124 valence electrons. The van der Waals surface area contributed by atoms with E-state index in [0.29, 0.717) is 16.7 Å². The monoisotopic (exact) mass is 346 g/mol. The zero-order valence-electron chi connectivity index (χ0n) is 13.0. The van der Waals surface area contributed by atoms with Crippen molar-refractivity contribution in [3.63, 3.8) is 0 Å². The highest BCUT2D eigenvalue weighted by Gasteiger charge is 2.28. The summed E-state index contributed by atoms with van der Waals surface area (Å²) in [7, 11) is 0. The molecule has 1 aliphatic rings. The largest absolute Gasteiger partial charge is 0.356 e. The first-order valence-electron chi connectivity index (χ1n) is 7.64. The average molecular weight is 346 g/mol. The molecule has 1 N–H and O–H groups in total. The topological polar surface area (TPSA) is 76.7 Å².